The fourth-order valence-electron chi connectivity index (χ4n) is 2.86. The lowest BCUT2D eigenvalue weighted by Crippen LogP contribution is -2.45. The van der Waals surface area contributed by atoms with Gasteiger partial charge in [0.2, 0.25) is 11.8 Å². The maximum absolute atomic E-state index is 12.2. The van der Waals surface area contributed by atoms with E-state index in [1.807, 2.05) is 31.2 Å². The number of imide groups is 1. The molecule has 3 amide bonds. The van der Waals surface area contributed by atoms with Crippen LogP contribution in [0.1, 0.15) is 38.2 Å². The summed E-state index contributed by atoms with van der Waals surface area (Å²) in [6.45, 7) is 3.68. The van der Waals surface area contributed by atoms with Crippen LogP contribution in [-0.4, -0.2) is 33.4 Å². The van der Waals surface area contributed by atoms with Crippen LogP contribution in [0.5, 0.6) is 0 Å². The zero-order valence-corrected chi connectivity index (χ0v) is 15.6. The first kappa shape index (κ1) is 18.4. The van der Waals surface area contributed by atoms with Crippen LogP contribution in [0.3, 0.4) is 0 Å². The lowest BCUT2D eigenvalue weighted by Gasteiger charge is -2.13. The highest BCUT2D eigenvalue weighted by Crippen LogP contribution is 2.26. The maximum Gasteiger partial charge on any atom is 0.321 e. The Morgan fingerprint density at radius 1 is 1.27 bits per heavy atom. The van der Waals surface area contributed by atoms with Crippen molar-refractivity contribution in [2.24, 2.45) is 0 Å². The van der Waals surface area contributed by atoms with Gasteiger partial charge < -0.3 is 9.73 Å². The molecule has 1 saturated carbocycles. The molecule has 0 unspecified atom stereocenters. The Hall–Kier alpha value is -2.35. The third kappa shape index (κ3) is 4.85. The topological polar surface area (TPSA) is 97.1 Å². The van der Waals surface area contributed by atoms with Crippen molar-refractivity contribution in [3.05, 3.63) is 29.8 Å². The second-order valence-corrected chi connectivity index (χ2v) is 7.74. The van der Waals surface area contributed by atoms with Crippen LogP contribution in [0.15, 0.2) is 33.9 Å². The van der Waals surface area contributed by atoms with E-state index in [4.69, 9.17) is 4.42 Å². The van der Waals surface area contributed by atoms with E-state index in [1.54, 1.807) is 6.92 Å². The van der Waals surface area contributed by atoms with Crippen LogP contribution in [0, 0.1) is 6.92 Å². The zero-order valence-electron chi connectivity index (χ0n) is 14.8. The maximum atomic E-state index is 12.2. The second kappa shape index (κ2) is 8.35. The first-order valence-corrected chi connectivity index (χ1v) is 9.58. The molecule has 1 atom stereocenters. The molecule has 2 aromatic rings. The molecule has 3 rings (SSSR count). The van der Waals surface area contributed by atoms with E-state index >= 15 is 0 Å². The number of carbonyl (C=O) groups excluding carboxylic acids is 2. The molecule has 7 nitrogen and oxygen atoms in total. The predicted molar refractivity (Wildman–Crippen MR) is 98.7 cm³/mol. The van der Waals surface area contributed by atoms with Crippen LogP contribution < -0.4 is 10.6 Å². The number of thioether (sulfide) groups is 1. The largest absolute Gasteiger partial charge is 0.411 e. The summed E-state index contributed by atoms with van der Waals surface area (Å²) in [6.07, 6.45) is 4.17. The number of hydrogen-bond donors (Lipinski definition) is 2. The monoisotopic (exact) mass is 374 g/mol. The van der Waals surface area contributed by atoms with Crippen LogP contribution in [0.2, 0.25) is 0 Å². The fourth-order valence-corrected chi connectivity index (χ4v) is 3.55. The van der Waals surface area contributed by atoms with E-state index in [0.29, 0.717) is 11.1 Å². The van der Waals surface area contributed by atoms with Gasteiger partial charge in [0.15, 0.2) is 0 Å². The van der Waals surface area contributed by atoms with E-state index in [2.05, 4.69) is 20.8 Å². The van der Waals surface area contributed by atoms with E-state index in [1.165, 1.54) is 0 Å². The number of nitrogens with zero attached hydrogens (tertiary/aromatic N) is 2. The fraction of sp³-hybridized carbons (Fsp3) is 0.444. The van der Waals surface area contributed by atoms with Crippen molar-refractivity contribution in [1.82, 2.24) is 20.8 Å². The lowest BCUT2D eigenvalue weighted by atomic mass is 10.1. The van der Waals surface area contributed by atoms with E-state index in [0.717, 1.165) is 48.6 Å². The van der Waals surface area contributed by atoms with Gasteiger partial charge in [0.25, 0.3) is 5.22 Å². The Balaban J connectivity index is 1.53. The van der Waals surface area contributed by atoms with Crippen molar-refractivity contribution in [3.63, 3.8) is 0 Å². The Labute approximate surface area is 156 Å². The summed E-state index contributed by atoms with van der Waals surface area (Å²) in [5.41, 5.74) is 1.92. The molecule has 26 heavy (non-hydrogen) atoms. The number of benzene rings is 1. The van der Waals surface area contributed by atoms with Gasteiger partial charge in [-0.25, -0.2) is 4.79 Å². The third-order valence-corrected chi connectivity index (χ3v) is 5.18. The van der Waals surface area contributed by atoms with Crippen molar-refractivity contribution >= 4 is 23.7 Å². The number of hydrogen-bond acceptors (Lipinski definition) is 6. The highest BCUT2D eigenvalue weighted by molar-refractivity contribution is 8.00. The summed E-state index contributed by atoms with van der Waals surface area (Å²) >= 11 is 1.12. The average molecular weight is 374 g/mol. The molecular weight excluding hydrogens is 352 g/mol. The summed E-state index contributed by atoms with van der Waals surface area (Å²) in [5.74, 6) is 0.0172. The molecule has 0 saturated heterocycles. The summed E-state index contributed by atoms with van der Waals surface area (Å²) in [4.78, 5) is 24.1. The molecule has 1 aliphatic rings. The van der Waals surface area contributed by atoms with Gasteiger partial charge in [-0.1, -0.05) is 42.3 Å². The Morgan fingerprint density at radius 3 is 2.77 bits per heavy atom. The molecule has 1 aromatic heterocycles. The van der Waals surface area contributed by atoms with Crippen molar-refractivity contribution in [2.75, 3.05) is 0 Å². The van der Waals surface area contributed by atoms with E-state index in [9.17, 15) is 9.59 Å². The molecule has 1 heterocycles. The molecule has 0 aliphatic heterocycles. The van der Waals surface area contributed by atoms with E-state index in [-0.39, 0.29) is 11.9 Å². The highest BCUT2D eigenvalue weighted by atomic mass is 32.2. The molecule has 8 heteroatoms. The van der Waals surface area contributed by atoms with Gasteiger partial charge in [0, 0.05) is 11.6 Å². The summed E-state index contributed by atoms with van der Waals surface area (Å²) < 4.78 is 5.62. The number of amides is 3. The smallest absolute Gasteiger partial charge is 0.321 e. The third-order valence-electron chi connectivity index (χ3n) is 4.25. The number of urea groups is 1. The van der Waals surface area contributed by atoms with Gasteiger partial charge in [-0.3, -0.25) is 10.1 Å². The van der Waals surface area contributed by atoms with Crippen LogP contribution >= 0.6 is 11.8 Å². The molecule has 0 radical (unpaired) electrons. The quantitative estimate of drug-likeness (QED) is 0.780. The standard InChI is InChI=1S/C18H22N4O3S/c1-11-6-5-7-13(10-11)16-21-22-18(25-16)26-12(2)15(23)20-17(24)19-14-8-3-4-9-14/h5-7,10,12,14H,3-4,8-9H2,1-2H3,(H2,19,20,23,24)/t12-/m1/s1. The van der Waals surface area contributed by atoms with Crippen molar-refractivity contribution in [1.29, 1.82) is 0 Å². The van der Waals surface area contributed by atoms with Crippen molar-refractivity contribution in [2.45, 2.75) is 56.0 Å². The number of nitrogens with one attached hydrogen (secondary N) is 2. The zero-order chi connectivity index (χ0) is 18.5. The summed E-state index contributed by atoms with van der Waals surface area (Å²) in [6, 6.07) is 7.46. The second-order valence-electron chi connectivity index (χ2n) is 6.45. The van der Waals surface area contributed by atoms with Crippen molar-refractivity contribution in [3.8, 4) is 11.5 Å². The molecule has 138 valence electrons. The number of aryl methyl sites for hydroxylation is 1. The molecular formula is C18H22N4O3S. The number of rotatable bonds is 5. The minimum Gasteiger partial charge on any atom is -0.411 e. The van der Waals surface area contributed by atoms with Crippen molar-refractivity contribution < 1.29 is 14.0 Å². The Kier molecular flexibility index (Phi) is 5.92. The minimum atomic E-state index is -0.532. The van der Waals surface area contributed by atoms with E-state index < -0.39 is 11.3 Å². The summed E-state index contributed by atoms with van der Waals surface area (Å²) in [7, 11) is 0. The number of carbonyl (C=O) groups is 2. The van der Waals surface area contributed by atoms with Gasteiger partial charge in [0.05, 0.1) is 5.25 Å². The molecule has 0 spiro atoms. The molecule has 1 fully saturated rings. The molecule has 1 aromatic carbocycles. The molecule has 2 N–H and O–H groups in total. The lowest BCUT2D eigenvalue weighted by molar-refractivity contribution is -0.119. The van der Waals surface area contributed by atoms with Gasteiger partial charge in [-0.2, -0.15) is 0 Å². The normalized spacial score (nSPS) is 15.6. The molecule has 0 bridgehead atoms. The SMILES string of the molecule is Cc1cccc(-c2nnc(S[C@H](C)C(=O)NC(=O)NC3CCCC3)o2)c1. The van der Waals surface area contributed by atoms with Crippen LogP contribution in [0.25, 0.3) is 11.5 Å². The number of aromatic nitrogens is 2. The van der Waals surface area contributed by atoms with Gasteiger partial charge >= 0.3 is 6.03 Å². The van der Waals surface area contributed by atoms with Gasteiger partial charge in [-0.15, -0.1) is 10.2 Å². The van der Waals surface area contributed by atoms with Gasteiger partial charge in [0.1, 0.15) is 0 Å². The summed E-state index contributed by atoms with van der Waals surface area (Å²) in [5, 5.41) is 13.0. The van der Waals surface area contributed by atoms with Gasteiger partial charge in [-0.05, 0) is 38.8 Å². The Morgan fingerprint density at radius 2 is 2.04 bits per heavy atom. The Bertz CT molecular complexity index is 786. The highest BCUT2D eigenvalue weighted by Gasteiger charge is 2.22. The van der Waals surface area contributed by atoms with Crippen LogP contribution in [0.4, 0.5) is 4.79 Å². The molecule has 1 aliphatic carbocycles. The predicted octanol–water partition coefficient (Wildman–Crippen LogP) is 3.29. The first-order valence-electron chi connectivity index (χ1n) is 8.70. The first-order chi connectivity index (χ1) is 12.5. The average Bonchev–Trinajstić information content (AvgIpc) is 3.26. The minimum absolute atomic E-state index is 0.165. The van der Waals surface area contributed by atoms with Crippen LogP contribution in [-0.2, 0) is 4.79 Å².